The summed E-state index contributed by atoms with van der Waals surface area (Å²) in [5, 5.41) is 6.58. The van der Waals surface area contributed by atoms with Crippen LogP contribution in [0.15, 0.2) is 24.3 Å². The number of benzene rings is 1. The highest BCUT2D eigenvalue weighted by Crippen LogP contribution is 2.23. The summed E-state index contributed by atoms with van der Waals surface area (Å²) < 4.78 is 0. The molecule has 2 unspecified atom stereocenters. The highest BCUT2D eigenvalue weighted by atomic mass is 16.2. The van der Waals surface area contributed by atoms with Gasteiger partial charge in [-0.05, 0) is 50.9 Å². The zero-order valence-electron chi connectivity index (χ0n) is 12.1. The molecule has 2 atom stereocenters. The Morgan fingerprint density at radius 3 is 2.95 bits per heavy atom. The van der Waals surface area contributed by atoms with Crippen LogP contribution in [0.4, 0.5) is 5.69 Å². The van der Waals surface area contributed by atoms with Crippen molar-refractivity contribution in [1.29, 1.82) is 0 Å². The molecule has 0 aromatic heterocycles. The second-order valence-electron chi connectivity index (χ2n) is 5.93. The number of carbonyl (C=O) groups is 1. The van der Waals surface area contributed by atoms with E-state index in [1.54, 1.807) is 0 Å². The molecular weight excluding hydrogens is 250 g/mol. The number of fused-ring (bicyclic) bond motifs is 1. The van der Waals surface area contributed by atoms with E-state index in [0.717, 1.165) is 31.6 Å². The molecule has 1 aromatic carbocycles. The van der Waals surface area contributed by atoms with Crippen molar-refractivity contribution in [2.75, 3.05) is 25.5 Å². The molecule has 2 aliphatic rings. The maximum Gasteiger partial charge on any atom is 0.241 e. The van der Waals surface area contributed by atoms with Gasteiger partial charge in [0.25, 0.3) is 0 Å². The maximum atomic E-state index is 12.4. The number of hydrogen-bond acceptors (Lipinski definition) is 3. The highest BCUT2D eigenvalue weighted by molar-refractivity contribution is 5.96. The van der Waals surface area contributed by atoms with Crippen LogP contribution in [0.3, 0.4) is 0 Å². The summed E-state index contributed by atoms with van der Waals surface area (Å²) in [6.07, 6.45) is 4.33. The summed E-state index contributed by atoms with van der Waals surface area (Å²) in [5.41, 5.74) is 2.23. The molecule has 0 spiro atoms. The third-order valence-electron chi connectivity index (χ3n) is 4.47. The first-order chi connectivity index (χ1) is 9.74. The Hall–Kier alpha value is -1.39. The molecule has 0 aliphatic carbocycles. The lowest BCUT2D eigenvalue weighted by Crippen LogP contribution is -2.46. The minimum atomic E-state index is -0.0233. The predicted molar refractivity (Wildman–Crippen MR) is 80.8 cm³/mol. The molecule has 2 N–H and O–H groups in total. The number of para-hydroxylation sites is 1. The molecule has 0 saturated carbocycles. The minimum absolute atomic E-state index is 0.0233. The van der Waals surface area contributed by atoms with E-state index in [-0.39, 0.29) is 11.9 Å². The lowest BCUT2D eigenvalue weighted by atomic mass is 10.0. The Morgan fingerprint density at radius 2 is 2.15 bits per heavy atom. The van der Waals surface area contributed by atoms with Crippen molar-refractivity contribution in [2.24, 2.45) is 0 Å². The third-order valence-corrected chi connectivity index (χ3v) is 4.47. The van der Waals surface area contributed by atoms with Crippen molar-refractivity contribution in [2.45, 2.75) is 37.8 Å². The lowest BCUT2D eigenvalue weighted by molar-refractivity contribution is -0.121. The zero-order chi connectivity index (χ0) is 13.9. The number of rotatable bonds is 3. The first-order valence-electron chi connectivity index (χ1n) is 7.56. The van der Waals surface area contributed by atoms with Gasteiger partial charge in [0.05, 0.1) is 6.04 Å². The van der Waals surface area contributed by atoms with Crippen LogP contribution >= 0.6 is 0 Å². The lowest BCUT2D eigenvalue weighted by Gasteiger charge is -2.28. The maximum absolute atomic E-state index is 12.4. The standard InChI is InChI=1S/C16H23N3O/c1-19(11-13-6-4-10-17-13)15-9-8-12-5-2-3-7-14(12)18-16(15)20/h2-3,5,7,13,15,17H,4,6,8-11H2,1H3,(H,18,20). The molecule has 4 heteroatoms. The van der Waals surface area contributed by atoms with Crippen LogP contribution in [0.25, 0.3) is 0 Å². The SMILES string of the molecule is CN(CC1CCCN1)C1CCc2ccccc2NC1=O. The third kappa shape index (κ3) is 2.86. The molecule has 20 heavy (non-hydrogen) atoms. The van der Waals surface area contributed by atoms with Crippen LogP contribution in [0.1, 0.15) is 24.8 Å². The Kier molecular flexibility index (Phi) is 4.03. The summed E-state index contributed by atoms with van der Waals surface area (Å²) in [4.78, 5) is 14.6. The number of likely N-dealkylation sites (N-methyl/N-ethyl adjacent to an activating group) is 1. The van der Waals surface area contributed by atoms with Crippen molar-refractivity contribution >= 4 is 11.6 Å². The van der Waals surface area contributed by atoms with Crippen molar-refractivity contribution in [1.82, 2.24) is 10.2 Å². The molecule has 0 bridgehead atoms. The molecule has 2 heterocycles. The average molecular weight is 273 g/mol. The van der Waals surface area contributed by atoms with Crippen molar-refractivity contribution < 1.29 is 4.79 Å². The van der Waals surface area contributed by atoms with Gasteiger partial charge < -0.3 is 10.6 Å². The van der Waals surface area contributed by atoms with E-state index in [2.05, 4.69) is 28.6 Å². The molecule has 1 aromatic rings. The van der Waals surface area contributed by atoms with Gasteiger partial charge in [0.2, 0.25) is 5.91 Å². The van der Waals surface area contributed by atoms with Crippen LogP contribution in [-0.2, 0) is 11.2 Å². The number of amides is 1. The van der Waals surface area contributed by atoms with Gasteiger partial charge in [-0.2, -0.15) is 0 Å². The summed E-state index contributed by atoms with van der Waals surface area (Å²) in [6, 6.07) is 8.64. The Balaban J connectivity index is 1.67. The van der Waals surface area contributed by atoms with E-state index in [4.69, 9.17) is 0 Å². The van der Waals surface area contributed by atoms with Gasteiger partial charge >= 0.3 is 0 Å². The fourth-order valence-electron chi connectivity index (χ4n) is 3.31. The number of aryl methyl sites for hydroxylation is 1. The first-order valence-corrected chi connectivity index (χ1v) is 7.56. The molecule has 4 nitrogen and oxygen atoms in total. The second kappa shape index (κ2) is 5.94. The van der Waals surface area contributed by atoms with Crippen molar-refractivity contribution in [3.8, 4) is 0 Å². The van der Waals surface area contributed by atoms with E-state index >= 15 is 0 Å². The number of nitrogens with one attached hydrogen (secondary N) is 2. The van der Waals surface area contributed by atoms with Crippen LogP contribution in [0.2, 0.25) is 0 Å². The monoisotopic (exact) mass is 273 g/mol. The topological polar surface area (TPSA) is 44.4 Å². The highest BCUT2D eigenvalue weighted by Gasteiger charge is 2.28. The molecule has 1 fully saturated rings. The fraction of sp³-hybridized carbons (Fsp3) is 0.562. The number of hydrogen-bond donors (Lipinski definition) is 2. The Bertz CT molecular complexity index is 482. The van der Waals surface area contributed by atoms with Crippen LogP contribution in [0, 0.1) is 0 Å². The van der Waals surface area contributed by atoms with E-state index < -0.39 is 0 Å². The normalized spacial score (nSPS) is 26.2. The van der Waals surface area contributed by atoms with Crippen molar-refractivity contribution in [3.63, 3.8) is 0 Å². The molecule has 1 saturated heterocycles. The quantitative estimate of drug-likeness (QED) is 0.879. The number of carbonyl (C=O) groups excluding carboxylic acids is 1. The molecule has 108 valence electrons. The molecule has 0 radical (unpaired) electrons. The fourth-order valence-corrected chi connectivity index (χ4v) is 3.31. The smallest absolute Gasteiger partial charge is 0.241 e. The summed E-state index contributed by atoms with van der Waals surface area (Å²) in [7, 11) is 2.07. The van der Waals surface area contributed by atoms with E-state index in [9.17, 15) is 4.79 Å². The van der Waals surface area contributed by atoms with Gasteiger partial charge in [-0.25, -0.2) is 0 Å². The van der Waals surface area contributed by atoms with Crippen molar-refractivity contribution in [3.05, 3.63) is 29.8 Å². The predicted octanol–water partition coefficient (Wildman–Crippen LogP) is 1.62. The van der Waals surface area contributed by atoms with Gasteiger partial charge in [0.15, 0.2) is 0 Å². The van der Waals surface area contributed by atoms with Gasteiger partial charge in [-0.15, -0.1) is 0 Å². The Morgan fingerprint density at radius 1 is 1.30 bits per heavy atom. The average Bonchev–Trinajstić information content (AvgIpc) is 2.87. The summed E-state index contributed by atoms with van der Waals surface area (Å²) >= 11 is 0. The van der Waals surface area contributed by atoms with E-state index in [0.29, 0.717) is 6.04 Å². The van der Waals surface area contributed by atoms with Crippen LogP contribution < -0.4 is 10.6 Å². The number of nitrogens with zero attached hydrogens (tertiary/aromatic N) is 1. The number of anilines is 1. The minimum Gasteiger partial charge on any atom is -0.324 e. The first kappa shape index (κ1) is 13.6. The Labute approximate surface area is 120 Å². The van der Waals surface area contributed by atoms with E-state index in [1.165, 1.54) is 18.4 Å². The molecule has 3 rings (SSSR count). The summed E-state index contributed by atoms with van der Waals surface area (Å²) in [5.74, 6) is 0.135. The zero-order valence-corrected chi connectivity index (χ0v) is 12.1. The van der Waals surface area contributed by atoms with Gasteiger partial charge in [0, 0.05) is 18.3 Å². The van der Waals surface area contributed by atoms with Gasteiger partial charge in [0.1, 0.15) is 0 Å². The van der Waals surface area contributed by atoms with Crippen LogP contribution in [-0.4, -0.2) is 43.0 Å². The largest absolute Gasteiger partial charge is 0.324 e. The molecular formula is C16H23N3O. The molecule has 1 amide bonds. The second-order valence-corrected chi connectivity index (χ2v) is 5.93. The molecule has 2 aliphatic heterocycles. The van der Waals surface area contributed by atoms with Gasteiger partial charge in [-0.3, -0.25) is 9.69 Å². The van der Waals surface area contributed by atoms with Crippen LogP contribution in [0.5, 0.6) is 0 Å². The van der Waals surface area contributed by atoms with E-state index in [1.807, 2.05) is 18.2 Å². The van der Waals surface area contributed by atoms with Gasteiger partial charge in [-0.1, -0.05) is 18.2 Å². The summed E-state index contributed by atoms with van der Waals surface area (Å²) in [6.45, 7) is 2.06.